The Balaban J connectivity index is 1.63. The second-order valence-corrected chi connectivity index (χ2v) is 10.0. The van der Waals surface area contributed by atoms with E-state index in [1.165, 1.54) is 0 Å². The van der Waals surface area contributed by atoms with Crippen LogP contribution in [0.5, 0.6) is 5.88 Å². The van der Waals surface area contributed by atoms with E-state index in [0.29, 0.717) is 12.4 Å². The van der Waals surface area contributed by atoms with Crippen LogP contribution in [-0.4, -0.2) is 83.5 Å². The van der Waals surface area contributed by atoms with Gasteiger partial charge in [-0.2, -0.15) is 4.98 Å². The number of carbonyl (C=O) groups is 2. The van der Waals surface area contributed by atoms with Gasteiger partial charge in [0.2, 0.25) is 11.7 Å². The summed E-state index contributed by atoms with van der Waals surface area (Å²) in [6, 6.07) is 1.67. The van der Waals surface area contributed by atoms with Crippen LogP contribution < -0.4 is 15.0 Å². The van der Waals surface area contributed by atoms with Crippen molar-refractivity contribution >= 4 is 17.9 Å². The van der Waals surface area contributed by atoms with E-state index in [2.05, 4.69) is 26.1 Å². The van der Waals surface area contributed by atoms with Gasteiger partial charge in [0, 0.05) is 44.2 Å². The zero-order valence-electron chi connectivity index (χ0n) is 20.5. The lowest BCUT2D eigenvalue weighted by Gasteiger charge is -2.33. The minimum absolute atomic E-state index is 0.169. The van der Waals surface area contributed by atoms with Gasteiger partial charge in [0.25, 0.3) is 0 Å². The van der Waals surface area contributed by atoms with Crippen molar-refractivity contribution in [1.82, 2.24) is 20.2 Å². The molecule has 1 atom stereocenters. The first-order valence-electron chi connectivity index (χ1n) is 11.7. The highest BCUT2D eigenvalue weighted by atomic mass is 16.6. The first-order chi connectivity index (χ1) is 16.0. The molecule has 1 aromatic rings. The van der Waals surface area contributed by atoms with Crippen LogP contribution in [0.25, 0.3) is 0 Å². The summed E-state index contributed by atoms with van der Waals surface area (Å²) >= 11 is 0. The molecule has 1 amide bonds. The second-order valence-electron chi connectivity index (χ2n) is 10.0. The Labute approximate surface area is 201 Å². The van der Waals surface area contributed by atoms with Crippen molar-refractivity contribution in [3.05, 3.63) is 11.9 Å². The largest absolute Gasteiger partial charge is 0.475 e. The summed E-state index contributed by atoms with van der Waals surface area (Å²) in [6.45, 7) is 9.11. The highest BCUT2D eigenvalue weighted by Crippen LogP contribution is 2.53. The van der Waals surface area contributed by atoms with Gasteiger partial charge in [-0.15, -0.1) is 6.42 Å². The second kappa shape index (κ2) is 10.5. The molecule has 1 aromatic heterocycles. The molecule has 3 rings (SSSR count). The molecule has 1 aliphatic carbocycles. The van der Waals surface area contributed by atoms with Crippen LogP contribution >= 0.6 is 0 Å². The monoisotopic (exact) mass is 473 g/mol. The maximum atomic E-state index is 11.8. The van der Waals surface area contributed by atoms with Gasteiger partial charge in [-0.3, -0.25) is 0 Å². The summed E-state index contributed by atoms with van der Waals surface area (Å²) in [7, 11) is 2.05. The number of carboxylic acids is 1. The molecule has 1 aliphatic heterocycles. The average molecular weight is 474 g/mol. The molecule has 34 heavy (non-hydrogen) atoms. The standard InChI is InChI=1S/C24H35N5O5/c1-6-17(24(9-10-24)8-7-11-25-22(32)34-23(2,3)4)33-19-16-18(26-20(27-19)21(30)31)29-14-12-28(5)13-15-29/h1,16-17H,7-15H2,2-5H3,(H,25,32)(H,30,31)/t17-/m0/s1. The third-order valence-corrected chi connectivity index (χ3v) is 6.07. The summed E-state index contributed by atoms with van der Waals surface area (Å²) in [5.74, 6) is 1.89. The molecule has 2 heterocycles. The van der Waals surface area contributed by atoms with E-state index >= 15 is 0 Å². The summed E-state index contributed by atoms with van der Waals surface area (Å²) < 4.78 is 11.3. The molecular weight excluding hydrogens is 438 g/mol. The van der Waals surface area contributed by atoms with Crippen molar-refractivity contribution in [3.63, 3.8) is 0 Å². The highest BCUT2D eigenvalue weighted by molar-refractivity contribution is 5.83. The molecule has 0 radical (unpaired) electrons. The van der Waals surface area contributed by atoms with Crippen LogP contribution in [0.3, 0.4) is 0 Å². The van der Waals surface area contributed by atoms with Gasteiger partial charge in [0.15, 0.2) is 6.10 Å². The lowest BCUT2D eigenvalue weighted by Crippen LogP contribution is -2.45. The van der Waals surface area contributed by atoms with Crippen molar-refractivity contribution in [2.75, 3.05) is 44.7 Å². The fraction of sp³-hybridized carbons (Fsp3) is 0.667. The summed E-state index contributed by atoms with van der Waals surface area (Å²) in [6.07, 6.45) is 8.11. The Kier molecular flexibility index (Phi) is 7.87. The lowest BCUT2D eigenvalue weighted by atomic mass is 9.93. The number of hydrogen-bond acceptors (Lipinski definition) is 8. The number of terminal acetylenes is 1. The van der Waals surface area contributed by atoms with Crippen LogP contribution in [-0.2, 0) is 4.74 Å². The zero-order chi connectivity index (χ0) is 24.9. The van der Waals surface area contributed by atoms with Crippen molar-refractivity contribution in [2.45, 2.75) is 58.2 Å². The van der Waals surface area contributed by atoms with E-state index in [0.717, 1.165) is 51.9 Å². The number of carboxylic acid groups (broad SMARTS) is 1. The number of carbonyl (C=O) groups excluding carboxylic acids is 1. The quantitative estimate of drug-likeness (QED) is 0.412. The molecule has 0 unspecified atom stereocenters. The minimum atomic E-state index is -1.22. The molecule has 2 aliphatic rings. The maximum Gasteiger partial charge on any atom is 0.407 e. The number of alkyl carbamates (subject to hydrolysis) is 1. The summed E-state index contributed by atoms with van der Waals surface area (Å²) in [5.41, 5.74) is -0.758. The van der Waals surface area contributed by atoms with E-state index in [9.17, 15) is 14.7 Å². The Morgan fingerprint density at radius 3 is 2.50 bits per heavy atom. The molecule has 1 saturated heterocycles. The molecule has 0 spiro atoms. The number of nitrogens with zero attached hydrogens (tertiary/aromatic N) is 4. The molecular formula is C24H35N5O5. The number of nitrogens with one attached hydrogen (secondary N) is 1. The fourth-order valence-corrected chi connectivity index (χ4v) is 3.97. The number of amides is 1. The van der Waals surface area contributed by atoms with Crippen LogP contribution in [0, 0.1) is 17.8 Å². The lowest BCUT2D eigenvalue weighted by molar-refractivity contribution is 0.0524. The van der Waals surface area contributed by atoms with Gasteiger partial charge in [0.05, 0.1) is 0 Å². The normalized spacial score (nSPS) is 18.5. The molecule has 10 heteroatoms. The number of ether oxygens (including phenoxy) is 2. The third-order valence-electron chi connectivity index (χ3n) is 6.07. The Morgan fingerprint density at radius 1 is 1.26 bits per heavy atom. The summed E-state index contributed by atoms with van der Waals surface area (Å²) in [5, 5.41) is 12.3. The van der Waals surface area contributed by atoms with Gasteiger partial charge >= 0.3 is 12.1 Å². The van der Waals surface area contributed by atoms with Gasteiger partial charge < -0.3 is 29.7 Å². The van der Waals surface area contributed by atoms with E-state index < -0.39 is 23.8 Å². The number of aromatic nitrogens is 2. The van der Waals surface area contributed by atoms with E-state index in [1.54, 1.807) is 6.07 Å². The van der Waals surface area contributed by atoms with Crippen molar-refractivity contribution in [2.24, 2.45) is 5.41 Å². The number of anilines is 1. The Bertz CT molecular complexity index is 927. The molecule has 0 bridgehead atoms. The number of likely N-dealkylation sites (N-methyl/N-ethyl adjacent to an activating group) is 1. The number of rotatable bonds is 9. The Hall–Kier alpha value is -3.06. The smallest absolute Gasteiger partial charge is 0.407 e. The SMILES string of the molecule is C#C[C@H](Oc1cc(N2CCN(C)CC2)nc(C(=O)O)n1)C1(CCCNC(=O)OC(C)(C)C)CC1. The molecule has 1 saturated carbocycles. The van der Waals surface area contributed by atoms with Gasteiger partial charge in [-0.1, -0.05) is 5.92 Å². The van der Waals surface area contributed by atoms with Crippen molar-refractivity contribution in [1.29, 1.82) is 0 Å². The molecule has 186 valence electrons. The van der Waals surface area contributed by atoms with Gasteiger partial charge in [0.1, 0.15) is 11.4 Å². The van der Waals surface area contributed by atoms with Crippen molar-refractivity contribution < 1.29 is 24.2 Å². The molecule has 2 fully saturated rings. The zero-order valence-corrected chi connectivity index (χ0v) is 20.5. The van der Waals surface area contributed by atoms with E-state index in [1.807, 2.05) is 32.7 Å². The predicted molar refractivity (Wildman–Crippen MR) is 127 cm³/mol. The minimum Gasteiger partial charge on any atom is -0.475 e. The van der Waals surface area contributed by atoms with Gasteiger partial charge in [-0.25, -0.2) is 14.6 Å². The van der Waals surface area contributed by atoms with Crippen molar-refractivity contribution in [3.8, 4) is 18.2 Å². The maximum absolute atomic E-state index is 11.8. The molecule has 0 aromatic carbocycles. The number of aromatic carboxylic acids is 1. The van der Waals surface area contributed by atoms with Crippen LogP contribution in [0.4, 0.5) is 10.6 Å². The Morgan fingerprint density at radius 2 is 1.94 bits per heavy atom. The third kappa shape index (κ3) is 6.97. The van der Waals surface area contributed by atoms with E-state index in [4.69, 9.17) is 15.9 Å². The molecule has 2 N–H and O–H groups in total. The van der Waals surface area contributed by atoms with Gasteiger partial charge in [-0.05, 0) is 53.5 Å². The van der Waals surface area contributed by atoms with Crippen LogP contribution in [0.1, 0.15) is 57.1 Å². The highest BCUT2D eigenvalue weighted by Gasteiger charge is 2.50. The van der Waals surface area contributed by atoms with E-state index in [-0.39, 0.29) is 17.1 Å². The summed E-state index contributed by atoms with van der Waals surface area (Å²) in [4.78, 5) is 36.0. The first-order valence-corrected chi connectivity index (χ1v) is 11.7. The average Bonchev–Trinajstić information content (AvgIpc) is 3.55. The first kappa shape index (κ1) is 25.6. The topological polar surface area (TPSA) is 117 Å². The molecule has 10 nitrogen and oxygen atoms in total. The number of hydrogen-bond donors (Lipinski definition) is 2. The van der Waals surface area contributed by atoms with Crippen LogP contribution in [0.2, 0.25) is 0 Å². The predicted octanol–water partition coefficient (Wildman–Crippen LogP) is 2.39. The fourth-order valence-electron chi connectivity index (χ4n) is 3.97. The van der Waals surface area contributed by atoms with Crippen LogP contribution in [0.15, 0.2) is 6.07 Å². The number of piperazine rings is 1.